The van der Waals surface area contributed by atoms with Crippen molar-refractivity contribution in [1.82, 2.24) is 9.80 Å². The third kappa shape index (κ3) is 5.00. The van der Waals surface area contributed by atoms with Gasteiger partial charge in [0.25, 0.3) is 0 Å². The molecular weight excluding hydrogens is 312 g/mol. The monoisotopic (exact) mass is 336 g/mol. The van der Waals surface area contributed by atoms with E-state index in [1.54, 1.807) is 0 Å². The van der Waals surface area contributed by atoms with Crippen LogP contribution in [0.25, 0.3) is 0 Å². The molecule has 0 N–H and O–H groups in total. The van der Waals surface area contributed by atoms with Crippen LogP contribution in [0.3, 0.4) is 0 Å². The zero-order valence-electron chi connectivity index (χ0n) is 14.4. The third-order valence-corrected chi connectivity index (χ3v) is 4.67. The van der Waals surface area contributed by atoms with Crippen molar-refractivity contribution in [1.29, 1.82) is 0 Å². The molecule has 1 aliphatic heterocycles. The minimum absolute atomic E-state index is 0.184. The van der Waals surface area contributed by atoms with Gasteiger partial charge < -0.3 is 4.90 Å². The van der Waals surface area contributed by atoms with Gasteiger partial charge in [0.2, 0.25) is 5.91 Å². The zero-order valence-corrected chi connectivity index (χ0v) is 14.4. The molecule has 130 valence electrons. The molecule has 0 spiro atoms. The Kier molecular flexibility index (Phi) is 5.96. The molecule has 2 aromatic rings. The van der Waals surface area contributed by atoms with E-state index in [0.717, 1.165) is 43.9 Å². The van der Waals surface area contributed by atoms with Crippen LogP contribution in [0.15, 0.2) is 60.7 Å². The Balaban J connectivity index is 1.41. The Bertz CT molecular complexity index is 692. The van der Waals surface area contributed by atoms with E-state index >= 15 is 0 Å². The zero-order chi connectivity index (χ0) is 17.5. The first-order valence-electron chi connectivity index (χ1n) is 8.85. The van der Waals surface area contributed by atoms with Gasteiger partial charge >= 0.3 is 0 Å². The number of carbonyl (C=O) groups is 2. The lowest BCUT2D eigenvalue weighted by atomic mass is 10.1. The fourth-order valence-corrected chi connectivity index (χ4v) is 3.13. The standard InChI is InChI=1S/C21H24N2O2/c24-20(19-9-5-2-6-10-19)11-12-22-13-15-23(16-14-22)21(25)17-18-7-3-1-4-8-18/h1-10H,11-17H2. The van der Waals surface area contributed by atoms with Gasteiger partial charge in [-0.15, -0.1) is 0 Å². The van der Waals surface area contributed by atoms with Crippen molar-refractivity contribution in [2.45, 2.75) is 12.8 Å². The molecular formula is C21H24N2O2. The van der Waals surface area contributed by atoms with E-state index in [2.05, 4.69) is 4.90 Å². The van der Waals surface area contributed by atoms with Gasteiger partial charge in [-0.1, -0.05) is 60.7 Å². The minimum Gasteiger partial charge on any atom is -0.340 e. The average molecular weight is 336 g/mol. The molecule has 0 atom stereocenters. The maximum absolute atomic E-state index is 12.4. The fraction of sp³-hybridized carbons (Fsp3) is 0.333. The van der Waals surface area contributed by atoms with Crippen molar-refractivity contribution in [3.8, 4) is 0 Å². The van der Waals surface area contributed by atoms with Crippen molar-refractivity contribution in [3.63, 3.8) is 0 Å². The summed E-state index contributed by atoms with van der Waals surface area (Å²) in [5.41, 5.74) is 1.84. The summed E-state index contributed by atoms with van der Waals surface area (Å²) in [7, 11) is 0. The van der Waals surface area contributed by atoms with Gasteiger partial charge in [-0.3, -0.25) is 14.5 Å². The largest absolute Gasteiger partial charge is 0.340 e. The molecule has 1 fully saturated rings. The molecule has 25 heavy (non-hydrogen) atoms. The van der Waals surface area contributed by atoms with Gasteiger partial charge in [-0.25, -0.2) is 0 Å². The highest BCUT2D eigenvalue weighted by molar-refractivity contribution is 5.96. The Morgan fingerprint density at radius 3 is 2.04 bits per heavy atom. The number of rotatable bonds is 6. The van der Waals surface area contributed by atoms with Gasteiger partial charge in [0.05, 0.1) is 6.42 Å². The summed E-state index contributed by atoms with van der Waals surface area (Å²) < 4.78 is 0. The predicted octanol–water partition coefficient (Wildman–Crippen LogP) is 2.65. The smallest absolute Gasteiger partial charge is 0.227 e. The Hall–Kier alpha value is -2.46. The highest BCUT2D eigenvalue weighted by Crippen LogP contribution is 2.09. The SMILES string of the molecule is O=C(CCN1CCN(C(=O)Cc2ccccc2)CC1)c1ccccc1. The van der Waals surface area contributed by atoms with Crippen molar-refractivity contribution in [3.05, 3.63) is 71.8 Å². The van der Waals surface area contributed by atoms with E-state index in [-0.39, 0.29) is 11.7 Å². The first kappa shape index (κ1) is 17.4. The Morgan fingerprint density at radius 2 is 1.40 bits per heavy atom. The van der Waals surface area contributed by atoms with Crippen molar-refractivity contribution in [2.75, 3.05) is 32.7 Å². The molecule has 1 saturated heterocycles. The van der Waals surface area contributed by atoms with Gasteiger partial charge in [0.1, 0.15) is 0 Å². The molecule has 1 aliphatic rings. The summed E-state index contributed by atoms with van der Waals surface area (Å²) in [5, 5.41) is 0. The molecule has 0 aliphatic carbocycles. The summed E-state index contributed by atoms with van der Waals surface area (Å²) in [4.78, 5) is 28.8. The lowest BCUT2D eigenvalue weighted by molar-refractivity contribution is -0.132. The van der Waals surface area contributed by atoms with Crippen LogP contribution in [0, 0.1) is 0 Å². The number of ketones is 1. The highest BCUT2D eigenvalue weighted by Gasteiger charge is 2.21. The molecule has 3 rings (SSSR count). The quantitative estimate of drug-likeness (QED) is 0.762. The molecule has 1 heterocycles. The van der Waals surface area contributed by atoms with Crippen LogP contribution in [0.4, 0.5) is 0 Å². The Labute approximate surface area is 149 Å². The summed E-state index contributed by atoms with van der Waals surface area (Å²) in [6, 6.07) is 19.3. The second-order valence-electron chi connectivity index (χ2n) is 6.42. The summed E-state index contributed by atoms with van der Waals surface area (Å²) in [6.07, 6.45) is 0.995. The van der Waals surface area contributed by atoms with E-state index in [9.17, 15) is 9.59 Å². The average Bonchev–Trinajstić information content (AvgIpc) is 2.68. The van der Waals surface area contributed by atoms with Crippen LogP contribution in [0.2, 0.25) is 0 Å². The fourth-order valence-electron chi connectivity index (χ4n) is 3.13. The molecule has 0 aromatic heterocycles. The first-order valence-corrected chi connectivity index (χ1v) is 8.85. The van der Waals surface area contributed by atoms with Crippen molar-refractivity contribution >= 4 is 11.7 Å². The van der Waals surface area contributed by atoms with Gasteiger partial charge in [0.15, 0.2) is 5.78 Å². The summed E-state index contributed by atoms with van der Waals surface area (Å²) in [5.74, 6) is 0.370. The van der Waals surface area contributed by atoms with Gasteiger partial charge in [0, 0.05) is 44.7 Å². The topological polar surface area (TPSA) is 40.6 Å². The Morgan fingerprint density at radius 1 is 0.800 bits per heavy atom. The van der Waals surface area contributed by atoms with Crippen molar-refractivity contribution in [2.24, 2.45) is 0 Å². The predicted molar refractivity (Wildman–Crippen MR) is 98.6 cm³/mol. The second kappa shape index (κ2) is 8.58. The van der Waals surface area contributed by atoms with E-state index < -0.39 is 0 Å². The lowest BCUT2D eigenvalue weighted by Gasteiger charge is -2.34. The number of hydrogen-bond donors (Lipinski definition) is 0. The normalized spacial score (nSPS) is 15.1. The number of nitrogens with zero attached hydrogens (tertiary/aromatic N) is 2. The molecule has 0 bridgehead atoms. The number of carbonyl (C=O) groups excluding carboxylic acids is 2. The van der Waals surface area contributed by atoms with Crippen LogP contribution < -0.4 is 0 Å². The number of benzene rings is 2. The summed E-state index contributed by atoms with van der Waals surface area (Å²) >= 11 is 0. The first-order chi connectivity index (χ1) is 12.2. The number of hydrogen-bond acceptors (Lipinski definition) is 3. The van der Waals surface area contributed by atoms with Gasteiger partial charge in [-0.2, -0.15) is 0 Å². The number of Topliss-reactive ketones (excluding diaryl/α,β-unsaturated/α-hetero) is 1. The van der Waals surface area contributed by atoms with Crippen LogP contribution in [-0.2, 0) is 11.2 Å². The maximum atomic E-state index is 12.4. The highest BCUT2D eigenvalue weighted by atomic mass is 16.2. The molecule has 0 unspecified atom stereocenters. The van der Waals surface area contributed by atoms with Crippen LogP contribution in [0.5, 0.6) is 0 Å². The van der Waals surface area contributed by atoms with E-state index in [1.165, 1.54) is 0 Å². The second-order valence-corrected chi connectivity index (χ2v) is 6.42. The van der Waals surface area contributed by atoms with E-state index in [0.29, 0.717) is 12.8 Å². The van der Waals surface area contributed by atoms with Crippen LogP contribution in [-0.4, -0.2) is 54.2 Å². The van der Waals surface area contributed by atoms with Crippen molar-refractivity contribution < 1.29 is 9.59 Å². The maximum Gasteiger partial charge on any atom is 0.227 e. The van der Waals surface area contributed by atoms with Crippen LogP contribution >= 0.6 is 0 Å². The molecule has 2 aromatic carbocycles. The molecule has 1 amide bonds. The van der Waals surface area contributed by atoms with Crippen LogP contribution in [0.1, 0.15) is 22.3 Å². The number of piperazine rings is 1. The molecule has 0 saturated carbocycles. The lowest BCUT2D eigenvalue weighted by Crippen LogP contribution is -2.49. The molecule has 4 nitrogen and oxygen atoms in total. The van der Waals surface area contributed by atoms with E-state index in [4.69, 9.17) is 0 Å². The van der Waals surface area contributed by atoms with E-state index in [1.807, 2.05) is 65.6 Å². The summed E-state index contributed by atoms with van der Waals surface area (Å²) in [6.45, 7) is 3.91. The molecule has 0 radical (unpaired) electrons. The third-order valence-electron chi connectivity index (χ3n) is 4.67. The van der Waals surface area contributed by atoms with Gasteiger partial charge in [-0.05, 0) is 5.56 Å². The minimum atomic E-state index is 0.184. The number of amides is 1. The molecule has 4 heteroatoms.